The number of hydrogen-bond donors (Lipinski definition) is 0. The molecule has 0 radical (unpaired) electrons. The highest BCUT2D eigenvalue weighted by Gasteiger charge is 2.19. The molecule has 0 fully saturated rings. The van der Waals surface area contributed by atoms with Crippen LogP contribution in [0.1, 0.15) is 18.1 Å². The molecule has 0 spiro atoms. The Morgan fingerprint density at radius 2 is 1.87 bits per heavy atom. The fourth-order valence-electron chi connectivity index (χ4n) is 3.13. The minimum Gasteiger partial charge on any atom is -0.494 e. The van der Waals surface area contributed by atoms with E-state index in [9.17, 15) is 4.79 Å². The molecule has 0 aliphatic rings. The van der Waals surface area contributed by atoms with E-state index in [-0.39, 0.29) is 5.91 Å². The third-order valence-corrected chi connectivity index (χ3v) is 6.04. The van der Waals surface area contributed by atoms with Crippen molar-refractivity contribution >= 4 is 50.3 Å². The van der Waals surface area contributed by atoms with Crippen LogP contribution in [0.2, 0.25) is 5.02 Å². The number of fused-ring (bicyclic) bond motifs is 1. The molecule has 0 bridgehead atoms. The maximum Gasteiger partial charge on any atom is 0.253 e. The van der Waals surface area contributed by atoms with Gasteiger partial charge in [0.05, 0.1) is 23.4 Å². The first-order chi connectivity index (χ1) is 15.1. The number of anilines is 1. The summed E-state index contributed by atoms with van der Waals surface area (Å²) in [6, 6.07) is 23.1. The molecule has 0 N–H and O–H groups in total. The van der Waals surface area contributed by atoms with E-state index < -0.39 is 0 Å². The van der Waals surface area contributed by atoms with Crippen molar-refractivity contribution in [3.63, 3.8) is 0 Å². The highest BCUT2D eigenvalue weighted by molar-refractivity contribution is 7.22. The lowest BCUT2D eigenvalue weighted by molar-refractivity contribution is -0.114. The van der Waals surface area contributed by atoms with Gasteiger partial charge >= 0.3 is 0 Å². The van der Waals surface area contributed by atoms with Crippen molar-refractivity contribution in [1.29, 1.82) is 0 Å². The molecule has 0 unspecified atom stereocenters. The van der Waals surface area contributed by atoms with Crippen LogP contribution in [0.5, 0.6) is 5.75 Å². The molecule has 0 aliphatic carbocycles. The van der Waals surface area contributed by atoms with E-state index in [2.05, 4.69) is 0 Å². The second-order valence-corrected chi connectivity index (χ2v) is 8.24. The first-order valence-electron chi connectivity index (χ1n) is 9.95. The lowest BCUT2D eigenvalue weighted by Gasteiger charge is -2.18. The fraction of sp³-hybridized carbons (Fsp3) is 0.120. The van der Waals surface area contributed by atoms with Crippen molar-refractivity contribution in [3.05, 3.63) is 95.0 Å². The molecule has 4 nitrogen and oxygen atoms in total. The van der Waals surface area contributed by atoms with Gasteiger partial charge in [0.2, 0.25) is 0 Å². The van der Waals surface area contributed by atoms with Gasteiger partial charge in [-0.2, -0.15) is 0 Å². The summed E-state index contributed by atoms with van der Waals surface area (Å²) in [4.78, 5) is 19.6. The lowest BCUT2D eigenvalue weighted by Crippen LogP contribution is -2.28. The van der Waals surface area contributed by atoms with Gasteiger partial charge < -0.3 is 4.74 Å². The molecule has 0 saturated heterocycles. The van der Waals surface area contributed by atoms with Crippen LogP contribution in [0, 0.1) is 0 Å². The van der Waals surface area contributed by atoms with Crippen LogP contribution in [0.15, 0.2) is 78.9 Å². The maximum atomic E-state index is 13.2. The van der Waals surface area contributed by atoms with E-state index in [4.69, 9.17) is 21.3 Å². The standard InChI is InChI=1S/C25H21ClN2O2S/c1-2-30-20-13-14-22-23(16-20)31-25(27-22)28(17-18-8-4-3-5-9-18)24(29)15-12-19-10-6-7-11-21(19)26/h3-16H,2,17H2,1H3/b15-12+. The Morgan fingerprint density at radius 3 is 2.65 bits per heavy atom. The number of carbonyl (C=O) groups is 1. The summed E-state index contributed by atoms with van der Waals surface area (Å²) >= 11 is 7.70. The van der Waals surface area contributed by atoms with Gasteiger partial charge in [0.1, 0.15) is 5.75 Å². The predicted octanol–water partition coefficient (Wildman–Crippen LogP) is 6.60. The number of nitrogens with zero attached hydrogens (tertiary/aromatic N) is 2. The molecule has 3 aromatic carbocycles. The fourth-order valence-corrected chi connectivity index (χ4v) is 4.33. The summed E-state index contributed by atoms with van der Waals surface area (Å²) < 4.78 is 6.57. The van der Waals surface area contributed by atoms with Crippen LogP contribution in [0.3, 0.4) is 0 Å². The van der Waals surface area contributed by atoms with Gasteiger partial charge in [-0.3, -0.25) is 9.69 Å². The van der Waals surface area contributed by atoms with Gasteiger partial charge in [0.15, 0.2) is 5.13 Å². The topological polar surface area (TPSA) is 42.4 Å². The van der Waals surface area contributed by atoms with Gasteiger partial charge in [-0.25, -0.2) is 4.98 Å². The summed E-state index contributed by atoms with van der Waals surface area (Å²) in [5.74, 6) is 0.637. The van der Waals surface area contributed by atoms with Crippen LogP contribution in [0.25, 0.3) is 16.3 Å². The Hall–Kier alpha value is -3.15. The normalized spacial score (nSPS) is 11.2. The highest BCUT2D eigenvalue weighted by atomic mass is 35.5. The van der Waals surface area contributed by atoms with Gasteiger partial charge in [0, 0.05) is 11.1 Å². The predicted molar refractivity (Wildman–Crippen MR) is 129 cm³/mol. The van der Waals surface area contributed by atoms with Crippen molar-refractivity contribution in [1.82, 2.24) is 4.98 Å². The van der Waals surface area contributed by atoms with Crippen LogP contribution >= 0.6 is 22.9 Å². The Bertz CT molecular complexity index is 1220. The minimum absolute atomic E-state index is 0.159. The van der Waals surface area contributed by atoms with E-state index in [1.165, 1.54) is 11.3 Å². The average Bonchev–Trinajstić information content (AvgIpc) is 3.21. The Kier molecular flexibility index (Phi) is 6.65. The van der Waals surface area contributed by atoms with Gasteiger partial charge in [-0.1, -0.05) is 71.5 Å². The van der Waals surface area contributed by atoms with Crippen molar-refractivity contribution in [3.8, 4) is 5.75 Å². The number of hydrogen-bond acceptors (Lipinski definition) is 4. The van der Waals surface area contributed by atoms with Gasteiger partial charge in [-0.15, -0.1) is 0 Å². The highest BCUT2D eigenvalue weighted by Crippen LogP contribution is 2.32. The molecule has 4 aromatic rings. The SMILES string of the molecule is CCOc1ccc2nc(N(Cc3ccccc3)C(=O)/C=C/c3ccccc3Cl)sc2c1. The number of rotatable bonds is 7. The van der Waals surface area contributed by atoms with Crippen molar-refractivity contribution in [2.24, 2.45) is 0 Å². The van der Waals surface area contributed by atoms with E-state index in [1.54, 1.807) is 23.1 Å². The molecule has 4 rings (SSSR count). The van der Waals surface area contributed by atoms with E-state index in [0.29, 0.717) is 23.3 Å². The molecule has 31 heavy (non-hydrogen) atoms. The number of aromatic nitrogens is 1. The summed E-state index contributed by atoms with van der Waals surface area (Å²) in [5.41, 5.74) is 2.66. The largest absolute Gasteiger partial charge is 0.494 e. The molecular formula is C25H21ClN2O2S. The zero-order valence-electron chi connectivity index (χ0n) is 17.0. The molecule has 1 amide bonds. The van der Waals surface area contributed by atoms with Crippen LogP contribution in [0.4, 0.5) is 5.13 Å². The zero-order chi connectivity index (χ0) is 21.6. The van der Waals surface area contributed by atoms with Crippen LogP contribution in [-0.4, -0.2) is 17.5 Å². The van der Waals surface area contributed by atoms with Crippen molar-refractivity contribution < 1.29 is 9.53 Å². The third kappa shape index (κ3) is 5.13. The zero-order valence-corrected chi connectivity index (χ0v) is 18.6. The Morgan fingerprint density at radius 1 is 1.10 bits per heavy atom. The molecule has 1 aromatic heterocycles. The van der Waals surface area contributed by atoms with Crippen LogP contribution in [-0.2, 0) is 11.3 Å². The minimum atomic E-state index is -0.159. The maximum absolute atomic E-state index is 13.2. The first kappa shape index (κ1) is 21.1. The molecule has 6 heteroatoms. The number of amides is 1. The number of ether oxygens (including phenoxy) is 1. The molecule has 0 atom stereocenters. The third-order valence-electron chi connectivity index (χ3n) is 4.65. The second kappa shape index (κ2) is 9.77. The van der Waals surface area contributed by atoms with Crippen LogP contribution < -0.4 is 9.64 Å². The smallest absolute Gasteiger partial charge is 0.253 e. The molecule has 0 aliphatic heterocycles. The Labute approximate surface area is 190 Å². The summed E-state index contributed by atoms with van der Waals surface area (Å²) in [5, 5.41) is 1.24. The first-order valence-corrected chi connectivity index (χ1v) is 11.1. The van der Waals surface area contributed by atoms with Crippen molar-refractivity contribution in [2.75, 3.05) is 11.5 Å². The molecule has 0 saturated carbocycles. The van der Waals surface area contributed by atoms with E-state index >= 15 is 0 Å². The number of thiazole rings is 1. The van der Waals surface area contributed by atoms with E-state index in [0.717, 1.165) is 27.1 Å². The van der Waals surface area contributed by atoms with Crippen molar-refractivity contribution in [2.45, 2.75) is 13.5 Å². The number of halogens is 1. The summed E-state index contributed by atoms with van der Waals surface area (Å²) in [7, 11) is 0. The second-order valence-electron chi connectivity index (χ2n) is 6.82. The molecular weight excluding hydrogens is 428 g/mol. The van der Waals surface area contributed by atoms with Gasteiger partial charge in [0.25, 0.3) is 5.91 Å². The molecule has 156 valence electrons. The quantitative estimate of drug-likeness (QED) is 0.299. The number of carbonyl (C=O) groups excluding carboxylic acids is 1. The molecule has 1 heterocycles. The summed E-state index contributed by atoms with van der Waals surface area (Å²) in [6.45, 7) is 2.97. The van der Waals surface area contributed by atoms with Gasteiger partial charge in [-0.05, 0) is 48.4 Å². The monoisotopic (exact) mass is 448 g/mol. The lowest BCUT2D eigenvalue weighted by atomic mass is 10.2. The summed E-state index contributed by atoms with van der Waals surface area (Å²) in [6.07, 6.45) is 3.28. The van der Waals surface area contributed by atoms with E-state index in [1.807, 2.05) is 73.7 Å². The Balaban J connectivity index is 1.67. The number of benzene rings is 3. The average molecular weight is 449 g/mol.